The van der Waals surface area contributed by atoms with Crippen molar-refractivity contribution in [2.45, 2.75) is 26.7 Å². The molecule has 1 atom stereocenters. The first-order chi connectivity index (χ1) is 9.11. The van der Waals surface area contributed by atoms with E-state index in [2.05, 4.69) is 18.8 Å². The molecule has 0 aliphatic rings. The van der Waals surface area contributed by atoms with Crippen LogP contribution in [0.25, 0.3) is 11.5 Å². The lowest BCUT2D eigenvalue weighted by Gasteiger charge is -2.05. The summed E-state index contributed by atoms with van der Waals surface area (Å²) in [6.45, 7) is 4.13. The van der Waals surface area contributed by atoms with Gasteiger partial charge in [0.05, 0.1) is 0 Å². The maximum absolute atomic E-state index is 11.2. The number of carboxylic acids is 1. The van der Waals surface area contributed by atoms with Crippen LogP contribution in [0.3, 0.4) is 0 Å². The SMILES string of the molecule is CCC(C)Cc1oc(-c2ccccc2)nc1C(=O)O. The van der Waals surface area contributed by atoms with Crippen LogP contribution >= 0.6 is 0 Å². The van der Waals surface area contributed by atoms with Crippen molar-refractivity contribution in [1.29, 1.82) is 0 Å². The minimum absolute atomic E-state index is 0.0270. The van der Waals surface area contributed by atoms with Gasteiger partial charge in [-0.1, -0.05) is 38.5 Å². The van der Waals surface area contributed by atoms with Crippen molar-refractivity contribution in [2.24, 2.45) is 5.92 Å². The molecule has 0 saturated carbocycles. The fourth-order valence-corrected chi connectivity index (χ4v) is 1.82. The van der Waals surface area contributed by atoms with E-state index < -0.39 is 5.97 Å². The number of carboxylic acid groups (broad SMARTS) is 1. The van der Waals surface area contributed by atoms with E-state index in [1.165, 1.54) is 0 Å². The van der Waals surface area contributed by atoms with Crippen molar-refractivity contribution >= 4 is 5.97 Å². The lowest BCUT2D eigenvalue weighted by atomic mass is 10.0. The zero-order valence-electron chi connectivity index (χ0n) is 11.1. The number of rotatable bonds is 5. The van der Waals surface area contributed by atoms with E-state index in [0.717, 1.165) is 12.0 Å². The van der Waals surface area contributed by atoms with Crippen molar-refractivity contribution in [3.05, 3.63) is 41.8 Å². The Morgan fingerprint density at radius 3 is 2.63 bits per heavy atom. The van der Waals surface area contributed by atoms with Crippen molar-refractivity contribution in [2.75, 3.05) is 0 Å². The average molecular weight is 259 g/mol. The number of carbonyl (C=O) groups is 1. The molecule has 1 heterocycles. The fraction of sp³-hybridized carbons (Fsp3) is 0.333. The summed E-state index contributed by atoms with van der Waals surface area (Å²) in [5, 5.41) is 9.19. The Kier molecular flexibility index (Phi) is 4.00. The third-order valence-electron chi connectivity index (χ3n) is 3.15. The predicted octanol–water partition coefficient (Wildman–Crippen LogP) is 3.63. The van der Waals surface area contributed by atoms with Gasteiger partial charge in [-0.25, -0.2) is 9.78 Å². The van der Waals surface area contributed by atoms with Gasteiger partial charge < -0.3 is 9.52 Å². The topological polar surface area (TPSA) is 63.3 Å². The summed E-state index contributed by atoms with van der Waals surface area (Å²) < 4.78 is 5.64. The standard InChI is InChI=1S/C15H17NO3/c1-3-10(2)9-12-13(15(17)18)16-14(19-12)11-7-5-4-6-8-11/h4-8,10H,3,9H2,1-2H3,(H,17,18). The number of aromatic nitrogens is 1. The fourth-order valence-electron chi connectivity index (χ4n) is 1.82. The zero-order chi connectivity index (χ0) is 13.8. The lowest BCUT2D eigenvalue weighted by Crippen LogP contribution is -2.05. The maximum Gasteiger partial charge on any atom is 0.358 e. The number of oxazole rings is 1. The molecule has 0 bridgehead atoms. The van der Waals surface area contributed by atoms with Crippen molar-refractivity contribution < 1.29 is 14.3 Å². The molecule has 1 aromatic carbocycles. The van der Waals surface area contributed by atoms with Gasteiger partial charge in [0.15, 0.2) is 5.69 Å². The Bertz CT molecular complexity index is 560. The van der Waals surface area contributed by atoms with E-state index in [0.29, 0.717) is 24.0 Å². The summed E-state index contributed by atoms with van der Waals surface area (Å²) in [4.78, 5) is 15.3. The summed E-state index contributed by atoms with van der Waals surface area (Å²) in [7, 11) is 0. The average Bonchev–Trinajstić information content (AvgIpc) is 2.83. The smallest absolute Gasteiger partial charge is 0.358 e. The number of nitrogens with zero attached hydrogens (tertiary/aromatic N) is 1. The molecule has 2 rings (SSSR count). The summed E-state index contributed by atoms with van der Waals surface area (Å²) in [5.41, 5.74) is 0.819. The van der Waals surface area contributed by atoms with Crippen LogP contribution in [0.2, 0.25) is 0 Å². The van der Waals surface area contributed by atoms with Crippen LogP contribution in [0, 0.1) is 5.92 Å². The maximum atomic E-state index is 11.2. The van der Waals surface area contributed by atoms with Crippen LogP contribution in [0.15, 0.2) is 34.7 Å². The highest BCUT2D eigenvalue weighted by molar-refractivity contribution is 5.87. The van der Waals surface area contributed by atoms with Gasteiger partial charge >= 0.3 is 5.97 Å². The van der Waals surface area contributed by atoms with Crippen LogP contribution in [0.1, 0.15) is 36.5 Å². The Morgan fingerprint density at radius 2 is 2.05 bits per heavy atom. The Morgan fingerprint density at radius 1 is 1.37 bits per heavy atom. The number of hydrogen-bond donors (Lipinski definition) is 1. The molecule has 0 aliphatic heterocycles. The highest BCUT2D eigenvalue weighted by Crippen LogP contribution is 2.24. The highest BCUT2D eigenvalue weighted by atomic mass is 16.4. The van der Waals surface area contributed by atoms with Gasteiger partial charge in [-0.2, -0.15) is 0 Å². The second-order valence-electron chi connectivity index (χ2n) is 4.68. The summed E-state index contributed by atoms with van der Waals surface area (Å²) in [6, 6.07) is 9.34. The molecule has 0 fully saturated rings. The predicted molar refractivity (Wildman–Crippen MR) is 72.1 cm³/mol. The van der Waals surface area contributed by atoms with Gasteiger partial charge in [0.2, 0.25) is 5.89 Å². The van der Waals surface area contributed by atoms with Crippen molar-refractivity contribution in [3.8, 4) is 11.5 Å². The van der Waals surface area contributed by atoms with Crippen LogP contribution < -0.4 is 0 Å². The Labute approximate surface area is 112 Å². The van der Waals surface area contributed by atoms with Crippen LogP contribution in [0.5, 0.6) is 0 Å². The number of hydrogen-bond acceptors (Lipinski definition) is 3. The van der Waals surface area contributed by atoms with E-state index in [1.54, 1.807) is 0 Å². The summed E-state index contributed by atoms with van der Waals surface area (Å²) in [6.07, 6.45) is 1.57. The molecule has 0 saturated heterocycles. The minimum atomic E-state index is -1.04. The quantitative estimate of drug-likeness (QED) is 0.890. The number of benzene rings is 1. The summed E-state index contributed by atoms with van der Waals surface area (Å²) >= 11 is 0. The monoisotopic (exact) mass is 259 g/mol. The van der Waals surface area contributed by atoms with E-state index in [1.807, 2.05) is 30.3 Å². The number of aromatic carboxylic acids is 1. The van der Waals surface area contributed by atoms with Gasteiger partial charge in [0.1, 0.15) is 5.76 Å². The Hall–Kier alpha value is -2.10. The first kappa shape index (κ1) is 13.3. The normalized spacial score (nSPS) is 12.3. The molecule has 100 valence electrons. The molecule has 0 radical (unpaired) electrons. The largest absolute Gasteiger partial charge is 0.476 e. The molecule has 1 unspecified atom stereocenters. The van der Waals surface area contributed by atoms with Gasteiger partial charge in [-0.15, -0.1) is 0 Å². The molecule has 0 aliphatic carbocycles. The van der Waals surface area contributed by atoms with Gasteiger partial charge in [0.25, 0.3) is 0 Å². The van der Waals surface area contributed by atoms with E-state index in [-0.39, 0.29) is 5.69 Å². The van der Waals surface area contributed by atoms with Gasteiger partial charge in [0, 0.05) is 12.0 Å². The second kappa shape index (κ2) is 5.69. The molecule has 0 amide bonds. The molecule has 1 aromatic heterocycles. The first-order valence-electron chi connectivity index (χ1n) is 6.40. The zero-order valence-corrected chi connectivity index (χ0v) is 11.1. The molecule has 0 spiro atoms. The summed E-state index contributed by atoms with van der Waals surface area (Å²) in [5.74, 6) is 0.163. The third-order valence-corrected chi connectivity index (χ3v) is 3.15. The van der Waals surface area contributed by atoms with E-state index in [9.17, 15) is 9.90 Å². The minimum Gasteiger partial charge on any atom is -0.476 e. The Balaban J connectivity index is 2.38. The molecule has 4 heteroatoms. The second-order valence-corrected chi connectivity index (χ2v) is 4.68. The van der Waals surface area contributed by atoms with Crippen LogP contribution in [0.4, 0.5) is 0 Å². The first-order valence-corrected chi connectivity index (χ1v) is 6.40. The van der Waals surface area contributed by atoms with Gasteiger partial charge in [-0.3, -0.25) is 0 Å². The third kappa shape index (κ3) is 3.02. The molecular formula is C15H17NO3. The van der Waals surface area contributed by atoms with Crippen molar-refractivity contribution in [1.82, 2.24) is 4.98 Å². The van der Waals surface area contributed by atoms with Crippen LogP contribution in [-0.4, -0.2) is 16.1 Å². The molecule has 4 nitrogen and oxygen atoms in total. The van der Waals surface area contributed by atoms with Gasteiger partial charge in [-0.05, 0) is 18.1 Å². The van der Waals surface area contributed by atoms with E-state index >= 15 is 0 Å². The molecular weight excluding hydrogens is 242 g/mol. The lowest BCUT2D eigenvalue weighted by molar-refractivity contribution is 0.0688. The molecule has 2 aromatic rings. The molecule has 19 heavy (non-hydrogen) atoms. The highest BCUT2D eigenvalue weighted by Gasteiger charge is 2.21. The van der Waals surface area contributed by atoms with Crippen LogP contribution in [-0.2, 0) is 6.42 Å². The van der Waals surface area contributed by atoms with Crippen molar-refractivity contribution in [3.63, 3.8) is 0 Å². The van der Waals surface area contributed by atoms with E-state index in [4.69, 9.17) is 4.42 Å². The molecule has 1 N–H and O–H groups in total.